The van der Waals surface area contributed by atoms with Crippen molar-refractivity contribution < 1.29 is 18.8 Å². The Balaban J connectivity index is 1.78. The van der Waals surface area contributed by atoms with E-state index in [-0.39, 0.29) is 0 Å². The second kappa shape index (κ2) is 8.61. The van der Waals surface area contributed by atoms with Crippen LogP contribution in [0.2, 0.25) is 0 Å². The quantitative estimate of drug-likeness (QED) is 0.715. The van der Waals surface area contributed by atoms with Gasteiger partial charge in [0.15, 0.2) is 0 Å². The maximum atomic E-state index is 11.9. The van der Waals surface area contributed by atoms with Crippen molar-refractivity contribution in [1.82, 2.24) is 5.32 Å². The minimum atomic E-state index is -0.538. The van der Waals surface area contributed by atoms with Gasteiger partial charge < -0.3 is 19.4 Å². The van der Waals surface area contributed by atoms with Crippen LogP contribution in [0.4, 0.5) is 4.79 Å². The van der Waals surface area contributed by atoms with Crippen LogP contribution in [0, 0.1) is 11.3 Å². The van der Waals surface area contributed by atoms with E-state index < -0.39 is 30.0 Å². The smallest absolute Gasteiger partial charge is 0.444 e. The molecular formula is C25H31BN2O4. The highest BCUT2D eigenvalue weighted by molar-refractivity contribution is 6.62. The summed E-state index contributed by atoms with van der Waals surface area (Å²) in [5, 5.41) is 12.3. The number of hydrogen-bond donors (Lipinski definition) is 1. The van der Waals surface area contributed by atoms with Crippen LogP contribution >= 0.6 is 0 Å². The molecule has 0 unspecified atom stereocenters. The standard InChI is InChI=1S/C25H31BN2O4/c1-23(2,3)30-22(29)28-16-17-8-10-19(11-9-17)20-12-18(15-27)13-21(14-20)26-31-24(4,5)25(6,7)32-26/h8-14H,16H2,1-7H3,(H,28,29). The minimum Gasteiger partial charge on any atom is -0.444 e. The van der Waals surface area contributed by atoms with E-state index >= 15 is 0 Å². The molecule has 7 heteroatoms. The third kappa shape index (κ3) is 5.51. The van der Waals surface area contributed by atoms with E-state index in [1.54, 1.807) is 0 Å². The van der Waals surface area contributed by atoms with Gasteiger partial charge in [0.05, 0.1) is 22.8 Å². The lowest BCUT2D eigenvalue weighted by molar-refractivity contribution is 0.00578. The number of nitriles is 1. The van der Waals surface area contributed by atoms with E-state index in [4.69, 9.17) is 14.0 Å². The van der Waals surface area contributed by atoms with Gasteiger partial charge in [0.2, 0.25) is 0 Å². The lowest BCUT2D eigenvalue weighted by atomic mass is 9.77. The second-order valence-corrected chi connectivity index (χ2v) is 10.1. The van der Waals surface area contributed by atoms with Crippen LogP contribution in [-0.4, -0.2) is 30.0 Å². The normalized spacial score (nSPS) is 17.0. The van der Waals surface area contributed by atoms with E-state index in [0.29, 0.717) is 12.1 Å². The Kier molecular flexibility index (Phi) is 6.41. The first kappa shape index (κ1) is 23.8. The van der Waals surface area contributed by atoms with E-state index in [2.05, 4.69) is 11.4 Å². The Labute approximate surface area is 191 Å². The molecule has 1 fully saturated rings. The summed E-state index contributed by atoms with van der Waals surface area (Å²) < 4.78 is 17.6. The predicted molar refractivity (Wildman–Crippen MR) is 125 cm³/mol. The molecule has 0 bridgehead atoms. The molecule has 1 amide bonds. The number of ether oxygens (including phenoxy) is 1. The summed E-state index contributed by atoms with van der Waals surface area (Å²) >= 11 is 0. The Bertz CT molecular complexity index is 1020. The van der Waals surface area contributed by atoms with Crippen molar-refractivity contribution >= 4 is 18.7 Å². The van der Waals surface area contributed by atoms with Crippen molar-refractivity contribution in [3.8, 4) is 17.2 Å². The zero-order valence-corrected chi connectivity index (χ0v) is 19.9. The van der Waals surface area contributed by atoms with Crippen LogP contribution in [0.15, 0.2) is 42.5 Å². The Morgan fingerprint density at radius 3 is 2.16 bits per heavy atom. The molecular weight excluding hydrogens is 403 g/mol. The van der Waals surface area contributed by atoms with Gasteiger partial charge in [-0.05, 0) is 82.8 Å². The van der Waals surface area contributed by atoms with Crippen molar-refractivity contribution in [3.63, 3.8) is 0 Å². The summed E-state index contributed by atoms with van der Waals surface area (Å²) in [5.41, 5.74) is 2.72. The summed E-state index contributed by atoms with van der Waals surface area (Å²) in [6, 6.07) is 15.7. The second-order valence-electron chi connectivity index (χ2n) is 10.1. The average Bonchev–Trinajstić information content (AvgIpc) is 2.92. The number of rotatable bonds is 4. The van der Waals surface area contributed by atoms with Crippen LogP contribution in [0.1, 0.15) is 59.6 Å². The number of carbonyl (C=O) groups is 1. The molecule has 1 saturated heterocycles. The van der Waals surface area contributed by atoms with Gasteiger partial charge >= 0.3 is 13.2 Å². The van der Waals surface area contributed by atoms with Crippen LogP contribution in [0.25, 0.3) is 11.1 Å². The molecule has 0 radical (unpaired) electrons. The predicted octanol–water partition coefficient (Wildman–Crippen LogP) is 4.55. The van der Waals surface area contributed by atoms with Crippen LogP contribution < -0.4 is 10.8 Å². The van der Waals surface area contributed by atoms with E-state index in [1.165, 1.54) is 0 Å². The van der Waals surface area contributed by atoms with E-state index in [9.17, 15) is 10.1 Å². The maximum absolute atomic E-state index is 11.9. The van der Waals surface area contributed by atoms with Crippen molar-refractivity contribution in [3.05, 3.63) is 53.6 Å². The lowest BCUT2D eigenvalue weighted by Gasteiger charge is -2.32. The number of nitrogens with one attached hydrogen (secondary N) is 1. The van der Waals surface area contributed by atoms with Gasteiger partial charge in [-0.15, -0.1) is 0 Å². The van der Waals surface area contributed by atoms with Gasteiger partial charge in [-0.1, -0.05) is 30.3 Å². The molecule has 0 saturated carbocycles. The molecule has 0 aliphatic carbocycles. The minimum absolute atomic E-state index is 0.368. The van der Waals surface area contributed by atoms with E-state index in [0.717, 1.165) is 22.2 Å². The van der Waals surface area contributed by atoms with Gasteiger partial charge in [0.25, 0.3) is 0 Å². The molecule has 168 valence electrons. The van der Waals surface area contributed by atoms with Crippen LogP contribution in [0.3, 0.4) is 0 Å². The molecule has 2 aromatic rings. The first-order valence-corrected chi connectivity index (χ1v) is 10.8. The average molecular weight is 434 g/mol. The molecule has 0 aromatic heterocycles. The number of carbonyl (C=O) groups excluding carboxylic acids is 1. The molecule has 2 aromatic carbocycles. The monoisotopic (exact) mass is 434 g/mol. The summed E-state index contributed by atoms with van der Waals surface area (Å²) in [5.74, 6) is 0. The fourth-order valence-electron chi connectivity index (χ4n) is 3.30. The van der Waals surface area contributed by atoms with Gasteiger partial charge in [0, 0.05) is 6.54 Å². The molecule has 3 rings (SSSR count). The Morgan fingerprint density at radius 2 is 1.62 bits per heavy atom. The highest BCUT2D eigenvalue weighted by Crippen LogP contribution is 2.36. The fourth-order valence-corrected chi connectivity index (χ4v) is 3.30. The highest BCUT2D eigenvalue weighted by Gasteiger charge is 2.51. The fraction of sp³-hybridized carbons (Fsp3) is 0.440. The topological polar surface area (TPSA) is 80.6 Å². The maximum Gasteiger partial charge on any atom is 0.494 e. The Morgan fingerprint density at radius 1 is 1.03 bits per heavy atom. The van der Waals surface area contributed by atoms with Crippen molar-refractivity contribution in [2.24, 2.45) is 0 Å². The molecule has 0 atom stereocenters. The molecule has 1 aliphatic heterocycles. The summed E-state index contributed by atoms with van der Waals surface area (Å²) in [4.78, 5) is 11.9. The SMILES string of the molecule is CC(C)(C)OC(=O)NCc1ccc(-c2cc(C#N)cc(B3OC(C)(C)C(C)(C)O3)c2)cc1. The van der Waals surface area contributed by atoms with Crippen molar-refractivity contribution in [1.29, 1.82) is 5.26 Å². The summed E-state index contributed by atoms with van der Waals surface area (Å²) in [6.45, 7) is 13.9. The van der Waals surface area contributed by atoms with Crippen molar-refractivity contribution in [2.75, 3.05) is 0 Å². The zero-order valence-electron chi connectivity index (χ0n) is 19.9. The zero-order chi connectivity index (χ0) is 23.7. The van der Waals surface area contributed by atoms with Crippen LogP contribution in [0.5, 0.6) is 0 Å². The number of benzene rings is 2. The third-order valence-corrected chi connectivity index (χ3v) is 5.73. The molecule has 6 nitrogen and oxygen atoms in total. The number of alkyl carbamates (subject to hydrolysis) is 1. The molecule has 1 heterocycles. The summed E-state index contributed by atoms with van der Waals surface area (Å²) in [6.07, 6.45) is -0.449. The van der Waals surface area contributed by atoms with Crippen molar-refractivity contribution in [2.45, 2.75) is 71.8 Å². The summed E-state index contributed by atoms with van der Waals surface area (Å²) in [7, 11) is -0.538. The van der Waals surface area contributed by atoms with Gasteiger partial charge in [-0.2, -0.15) is 5.26 Å². The number of amides is 1. The number of nitrogens with zero attached hydrogens (tertiary/aromatic N) is 1. The van der Waals surface area contributed by atoms with Gasteiger partial charge in [0.1, 0.15) is 5.60 Å². The molecule has 1 N–H and O–H groups in total. The number of hydrogen-bond acceptors (Lipinski definition) is 5. The third-order valence-electron chi connectivity index (χ3n) is 5.73. The highest BCUT2D eigenvalue weighted by atomic mass is 16.7. The molecule has 0 spiro atoms. The Hall–Kier alpha value is -2.82. The van der Waals surface area contributed by atoms with E-state index in [1.807, 2.05) is 90.9 Å². The van der Waals surface area contributed by atoms with Crippen LogP contribution in [-0.2, 0) is 20.6 Å². The largest absolute Gasteiger partial charge is 0.494 e. The molecule has 1 aliphatic rings. The van der Waals surface area contributed by atoms with Gasteiger partial charge in [-0.3, -0.25) is 0 Å². The lowest BCUT2D eigenvalue weighted by Crippen LogP contribution is -2.41. The first-order chi connectivity index (χ1) is 14.8. The van der Waals surface area contributed by atoms with Gasteiger partial charge in [-0.25, -0.2) is 4.79 Å². The first-order valence-electron chi connectivity index (χ1n) is 10.8. The molecule has 32 heavy (non-hydrogen) atoms.